The lowest BCUT2D eigenvalue weighted by Crippen LogP contribution is -2.53. The van der Waals surface area contributed by atoms with Gasteiger partial charge in [0, 0.05) is 4.32 Å². The topological polar surface area (TPSA) is 44.8 Å². The molecule has 0 heterocycles. The molecule has 0 amide bonds. The smallest absolute Gasteiger partial charge is 0.312 e. The van der Waals surface area contributed by atoms with E-state index in [-0.39, 0.29) is 15.7 Å². The van der Waals surface area contributed by atoms with E-state index in [4.69, 9.17) is 14.2 Å². The van der Waals surface area contributed by atoms with Gasteiger partial charge >= 0.3 is 5.97 Å². The summed E-state index contributed by atoms with van der Waals surface area (Å²) in [7, 11) is 3.14. The van der Waals surface area contributed by atoms with Crippen LogP contribution in [0.4, 0.5) is 0 Å². The number of para-hydroxylation sites is 1. The Hall–Kier alpha value is -1.23. The molecular weight excluding hydrogens is 384 g/mol. The van der Waals surface area contributed by atoms with Gasteiger partial charge in [0.25, 0.3) is 0 Å². The molecule has 4 bridgehead atoms. The molecule has 4 nitrogen and oxygen atoms in total. The molecule has 1 aromatic carbocycles. The van der Waals surface area contributed by atoms with Crippen molar-refractivity contribution in [1.29, 1.82) is 0 Å². The zero-order valence-electron chi connectivity index (χ0n) is 14.8. The normalized spacial score (nSPS) is 35.5. The monoisotopic (exact) mass is 408 g/mol. The summed E-state index contributed by atoms with van der Waals surface area (Å²) in [5.41, 5.74) is 0.0971. The Morgan fingerprint density at radius 3 is 2.24 bits per heavy atom. The molecule has 5 rings (SSSR count). The van der Waals surface area contributed by atoms with E-state index in [1.165, 1.54) is 19.3 Å². The zero-order valence-corrected chi connectivity index (χ0v) is 16.4. The average molecular weight is 409 g/mol. The molecule has 5 heteroatoms. The summed E-state index contributed by atoms with van der Waals surface area (Å²) in [4.78, 5) is 12.8. The van der Waals surface area contributed by atoms with Crippen LogP contribution in [0.15, 0.2) is 18.2 Å². The number of methoxy groups -OCH3 is 2. The van der Waals surface area contributed by atoms with Crippen molar-refractivity contribution in [2.45, 2.75) is 49.3 Å². The third kappa shape index (κ3) is 3.16. The van der Waals surface area contributed by atoms with Gasteiger partial charge in [-0.1, -0.05) is 22.0 Å². The maximum absolute atomic E-state index is 12.8. The van der Waals surface area contributed by atoms with Crippen molar-refractivity contribution in [3.8, 4) is 17.2 Å². The molecule has 0 unspecified atom stereocenters. The van der Waals surface area contributed by atoms with Gasteiger partial charge in [-0.2, -0.15) is 0 Å². The summed E-state index contributed by atoms with van der Waals surface area (Å²) < 4.78 is 16.6. The van der Waals surface area contributed by atoms with E-state index >= 15 is 0 Å². The number of hydrogen-bond donors (Lipinski definition) is 0. The molecule has 0 aromatic heterocycles. The first kappa shape index (κ1) is 17.2. The first-order valence-electron chi connectivity index (χ1n) is 9.05. The summed E-state index contributed by atoms with van der Waals surface area (Å²) >= 11 is 4.00. The number of carbonyl (C=O) groups excluding carboxylic acids is 1. The van der Waals surface area contributed by atoms with Gasteiger partial charge in [-0.05, 0) is 67.9 Å². The van der Waals surface area contributed by atoms with Crippen LogP contribution in [-0.4, -0.2) is 24.5 Å². The molecule has 136 valence electrons. The molecule has 4 saturated carbocycles. The number of esters is 1. The SMILES string of the molecule is COc1cccc(OC)c1OC(=O)CC12C[C@H]3C[C@@H](CC(Br)(C3)C1)C2. The second kappa shape index (κ2) is 6.19. The Morgan fingerprint density at radius 2 is 1.72 bits per heavy atom. The van der Waals surface area contributed by atoms with Gasteiger partial charge in [0.1, 0.15) is 0 Å². The fraction of sp³-hybridized carbons (Fsp3) is 0.650. The Labute approximate surface area is 157 Å². The Bertz CT molecular complexity index is 650. The van der Waals surface area contributed by atoms with Gasteiger partial charge in [0.2, 0.25) is 5.75 Å². The van der Waals surface area contributed by atoms with Crippen molar-refractivity contribution in [1.82, 2.24) is 0 Å². The number of ether oxygens (including phenoxy) is 3. The van der Waals surface area contributed by atoms with Crippen LogP contribution in [0.5, 0.6) is 17.2 Å². The minimum atomic E-state index is -0.180. The van der Waals surface area contributed by atoms with Crippen LogP contribution in [-0.2, 0) is 4.79 Å². The van der Waals surface area contributed by atoms with Gasteiger partial charge in [-0.25, -0.2) is 0 Å². The molecule has 4 fully saturated rings. The molecular formula is C20H25BrO4. The Balaban J connectivity index is 1.52. The van der Waals surface area contributed by atoms with Gasteiger partial charge < -0.3 is 14.2 Å². The quantitative estimate of drug-likeness (QED) is 0.401. The highest BCUT2D eigenvalue weighted by molar-refractivity contribution is 9.10. The molecule has 0 saturated heterocycles. The summed E-state index contributed by atoms with van der Waals surface area (Å²) in [5, 5.41) is 0. The molecule has 0 radical (unpaired) electrons. The summed E-state index contributed by atoms with van der Waals surface area (Å²) in [5.74, 6) is 2.77. The van der Waals surface area contributed by atoms with Crippen LogP contribution in [0.2, 0.25) is 0 Å². The van der Waals surface area contributed by atoms with Crippen molar-refractivity contribution in [2.75, 3.05) is 14.2 Å². The molecule has 1 aromatic rings. The lowest BCUT2D eigenvalue weighted by atomic mass is 9.49. The largest absolute Gasteiger partial charge is 0.493 e. The highest BCUT2D eigenvalue weighted by Gasteiger charge is 2.57. The minimum absolute atomic E-state index is 0.0971. The molecule has 0 aliphatic heterocycles. The third-order valence-corrected chi connectivity index (χ3v) is 7.16. The van der Waals surface area contributed by atoms with Crippen molar-refractivity contribution < 1.29 is 19.0 Å². The molecule has 2 atom stereocenters. The van der Waals surface area contributed by atoms with E-state index in [1.54, 1.807) is 26.4 Å². The number of benzene rings is 1. The van der Waals surface area contributed by atoms with E-state index in [0.717, 1.165) is 31.1 Å². The van der Waals surface area contributed by atoms with E-state index in [9.17, 15) is 4.79 Å². The van der Waals surface area contributed by atoms with Crippen molar-refractivity contribution in [3.63, 3.8) is 0 Å². The minimum Gasteiger partial charge on any atom is -0.493 e. The van der Waals surface area contributed by atoms with Crippen LogP contribution in [0.25, 0.3) is 0 Å². The van der Waals surface area contributed by atoms with E-state index in [0.29, 0.717) is 23.7 Å². The van der Waals surface area contributed by atoms with Crippen LogP contribution in [0.3, 0.4) is 0 Å². The summed E-state index contributed by atoms with van der Waals surface area (Å²) in [6.07, 6.45) is 7.76. The van der Waals surface area contributed by atoms with Gasteiger partial charge in [0.15, 0.2) is 11.5 Å². The standard InChI is InChI=1S/C20H25BrO4/c1-23-15-4-3-5-16(24-2)18(15)25-17(22)11-19-7-13-6-14(8-19)10-20(21,9-13)12-19/h3-5,13-14H,6-12H2,1-2H3/t13-,14-,19?,20?/m1/s1. The van der Waals surface area contributed by atoms with E-state index < -0.39 is 0 Å². The average Bonchev–Trinajstić information content (AvgIpc) is 2.52. The fourth-order valence-corrected chi connectivity index (χ4v) is 7.43. The van der Waals surface area contributed by atoms with Gasteiger partial charge in [-0.15, -0.1) is 0 Å². The Morgan fingerprint density at radius 1 is 1.12 bits per heavy atom. The van der Waals surface area contributed by atoms with Crippen molar-refractivity contribution in [2.24, 2.45) is 17.3 Å². The number of rotatable bonds is 5. The highest BCUT2D eigenvalue weighted by Crippen LogP contribution is 2.65. The fourth-order valence-electron chi connectivity index (χ4n) is 5.92. The number of carbonyl (C=O) groups is 1. The molecule has 4 aliphatic carbocycles. The zero-order chi connectivity index (χ0) is 17.7. The number of hydrogen-bond acceptors (Lipinski definition) is 4. The molecule has 0 spiro atoms. The molecule has 0 N–H and O–H groups in total. The van der Waals surface area contributed by atoms with Crippen LogP contribution >= 0.6 is 15.9 Å². The van der Waals surface area contributed by atoms with Gasteiger partial charge in [-0.3, -0.25) is 4.79 Å². The highest BCUT2D eigenvalue weighted by atomic mass is 79.9. The third-order valence-electron chi connectivity index (χ3n) is 6.23. The predicted molar refractivity (Wildman–Crippen MR) is 98.6 cm³/mol. The van der Waals surface area contributed by atoms with Crippen LogP contribution in [0.1, 0.15) is 44.9 Å². The lowest BCUT2D eigenvalue weighted by Gasteiger charge is -2.60. The van der Waals surface area contributed by atoms with Crippen molar-refractivity contribution >= 4 is 21.9 Å². The number of alkyl halides is 1. The second-order valence-electron chi connectivity index (χ2n) is 8.25. The molecule has 25 heavy (non-hydrogen) atoms. The van der Waals surface area contributed by atoms with Gasteiger partial charge in [0.05, 0.1) is 20.6 Å². The predicted octanol–water partition coefficient (Wildman–Crippen LogP) is 4.73. The maximum atomic E-state index is 12.8. The van der Waals surface area contributed by atoms with Crippen LogP contribution < -0.4 is 14.2 Å². The summed E-state index contributed by atoms with van der Waals surface area (Å²) in [6, 6.07) is 5.38. The van der Waals surface area contributed by atoms with E-state index in [2.05, 4.69) is 15.9 Å². The number of halogens is 1. The summed E-state index contributed by atoms with van der Waals surface area (Å²) in [6.45, 7) is 0. The first-order valence-corrected chi connectivity index (χ1v) is 9.84. The van der Waals surface area contributed by atoms with Crippen LogP contribution in [0, 0.1) is 17.3 Å². The van der Waals surface area contributed by atoms with Crippen molar-refractivity contribution in [3.05, 3.63) is 18.2 Å². The first-order chi connectivity index (χ1) is 11.9. The molecule has 4 aliphatic rings. The second-order valence-corrected chi connectivity index (χ2v) is 9.94. The Kier molecular flexibility index (Phi) is 4.25. The van der Waals surface area contributed by atoms with E-state index in [1.807, 2.05) is 6.07 Å². The maximum Gasteiger partial charge on any atom is 0.312 e. The lowest BCUT2D eigenvalue weighted by molar-refractivity contribution is -0.141.